The van der Waals surface area contributed by atoms with Crippen LogP contribution in [-0.2, 0) is 6.54 Å². The highest BCUT2D eigenvalue weighted by molar-refractivity contribution is 6.02. The van der Waals surface area contributed by atoms with E-state index in [2.05, 4.69) is 23.2 Å². The summed E-state index contributed by atoms with van der Waals surface area (Å²) in [5.41, 5.74) is 1.97. The van der Waals surface area contributed by atoms with Crippen molar-refractivity contribution in [2.75, 3.05) is 0 Å². The third-order valence-corrected chi connectivity index (χ3v) is 5.16. The second-order valence-corrected chi connectivity index (χ2v) is 6.54. The molecule has 0 N–H and O–H groups in total. The minimum Gasteiger partial charge on any atom is -0.296 e. The van der Waals surface area contributed by atoms with Crippen molar-refractivity contribution in [1.29, 1.82) is 0 Å². The Morgan fingerprint density at radius 2 is 1.86 bits per heavy atom. The van der Waals surface area contributed by atoms with Crippen molar-refractivity contribution in [3.63, 3.8) is 0 Å². The van der Waals surface area contributed by atoms with Crippen LogP contribution in [0.15, 0.2) is 17.1 Å². The fraction of sp³-hybridized carbons (Fsp3) is 0.474. The third-order valence-electron chi connectivity index (χ3n) is 5.16. The lowest BCUT2D eigenvalue weighted by atomic mass is 9.93. The molecule has 0 radical (unpaired) electrons. The average Bonchev–Trinajstić information content (AvgIpc) is 2.75. The Morgan fingerprint density at radius 3 is 2.73 bits per heavy atom. The summed E-state index contributed by atoms with van der Waals surface area (Å²) in [6, 6.07) is 4.45. The minimum atomic E-state index is 0.143. The van der Waals surface area contributed by atoms with E-state index in [1.165, 1.54) is 29.7 Å². The molecule has 1 fully saturated rings. The lowest BCUT2D eigenvalue weighted by Crippen LogP contribution is -2.41. The molecule has 1 amide bonds. The number of fused-ring (bicyclic) bond motifs is 3. The van der Waals surface area contributed by atoms with Crippen LogP contribution in [0.2, 0.25) is 0 Å². The van der Waals surface area contributed by atoms with Crippen molar-refractivity contribution < 1.29 is 4.79 Å². The molecule has 1 aromatic rings. The van der Waals surface area contributed by atoms with Gasteiger partial charge in [0.25, 0.3) is 5.91 Å². The van der Waals surface area contributed by atoms with E-state index in [9.17, 15) is 4.79 Å². The Balaban J connectivity index is 1.78. The zero-order valence-corrected chi connectivity index (χ0v) is 12.9. The molecule has 3 nitrogen and oxygen atoms in total. The minimum absolute atomic E-state index is 0.143. The number of rotatable bonds is 1. The fourth-order valence-corrected chi connectivity index (χ4v) is 3.97. The van der Waals surface area contributed by atoms with Gasteiger partial charge < -0.3 is 0 Å². The van der Waals surface area contributed by atoms with Gasteiger partial charge in [0, 0.05) is 11.6 Å². The summed E-state index contributed by atoms with van der Waals surface area (Å²) in [6.07, 6.45) is 14.5. The molecule has 4 rings (SSSR count). The van der Waals surface area contributed by atoms with E-state index in [0.29, 0.717) is 12.6 Å². The molecule has 1 saturated carbocycles. The summed E-state index contributed by atoms with van der Waals surface area (Å²) in [7, 11) is 0. The molecule has 1 heterocycles. The molecule has 3 heteroatoms. The van der Waals surface area contributed by atoms with Crippen molar-refractivity contribution in [3.05, 3.63) is 33.7 Å². The van der Waals surface area contributed by atoms with Crippen molar-refractivity contribution in [1.82, 2.24) is 4.90 Å². The van der Waals surface area contributed by atoms with E-state index in [4.69, 9.17) is 0 Å². The number of amides is 1. The predicted molar refractivity (Wildman–Crippen MR) is 89.1 cm³/mol. The smallest absolute Gasteiger partial charge is 0.259 e. The van der Waals surface area contributed by atoms with Gasteiger partial charge in [0.1, 0.15) is 0 Å². The van der Waals surface area contributed by atoms with Crippen molar-refractivity contribution in [2.24, 2.45) is 4.99 Å². The Morgan fingerprint density at radius 1 is 1.05 bits per heavy atom. The molecule has 114 valence electrons. The number of carbonyl (C=O) groups excluding carboxylic acids is 1. The number of hydrogen-bond donors (Lipinski definition) is 0. The van der Waals surface area contributed by atoms with Gasteiger partial charge in [0.2, 0.25) is 0 Å². The first kappa shape index (κ1) is 13.7. The monoisotopic (exact) mass is 294 g/mol. The first-order valence-corrected chi connectivity index (χ1v) is 8.49. The second-order valence-electron chi connectivity index (χ2n) is 6.54. The molecule has 1 aromatic carbocycles. The largest absolute Gasteiger partial charge is 0.296 e. The van der Waals surface area contributed by atoms with Crippen LogP contribution in [0.25, 0.3) is 12.2 Å². The maximum absolute atomic E-state index is 13.0. The molecule has 0 spiro atoms. The van der Waals surface area contributed by atoms with Crippen LogP contribution < -0.4 is 10.4 Å². The summed E-state index contributed by atoms with van der Waals surface area (Å²) in [4.78, 5) is 19.5. The zero-order valence-electron chi connectivity index (χ0n) is 12.9. The van der Waals surface area contributed by atoms with E-state index in [0.717, 1.165) is 36.8 Å². The van der Waals surface area contributed by atoms with Gasteiger partial charge in [-0.3, -0.25) is 14.7 Å². The Labute approximate surface area is 131 Å². The van der Waals surface area contributed by atoms with Crippen LogP contribution >= 0.6 is 0 Å². The molecule has 0 saturated heterocycles. The van der Waals surface area contributed by atoms with E-state index in [1.807, 2.05) is 11.0 Å². The number of hydrogen-bond acceptors (Lipinski definition) is 2. The summed E-state index contributed by atoms with van der Waals surface area (Å²) in [6.45, 7) is 0.623. The van der Waals surface area contributed by atoms with E-state index in [1.54, 1.807) is 6.34 Å². The Kier molecular flexibility index (Phi) is 3.57. The number of carbonyl (C=O) groups is 1. The van der Waals surface area contributed by atoms with E-state index >= 15 is 0 Å². The lowest BCUT2D eigenvalue weighted by Gasteiger charge is -2.30. The molecular formula is C19H22N2O. The van der Waals surface area contributed by atoms with Crippen molar-refractivity contribution in [2.45, 2.75) is 57.5 Å². The van der Waals surface area contributed by atoms with Gasteiger partial charge in [-0.1, -0.05) is 37.5 Å². The Bertz CT molecular complexity index is 741. The molecular weight excluding hydrogens is 272 g/mol. The van der Waals surface area contributed by atoms with E-state index in [-0.39, 0.29) is 5.91 Å². The van der Waals surface area contributed by atoms with E-state index < -0.39 is 0 Å². The maximum atomic E-state index is 13.0. The highest BCUT2D eigenvalue weighted by Gasteiger charge is 2.28. The summed E-state index contributed by atoms with van der Waals surface area (Å²) in [5, 5.41) is 2.50. The quantitative estimate of drug-likeness (QED) is 0.782. The molecule has 0 atom stereocenters. The number of benzene rings is 1. The molecule has 3 aliphatic rings. The van der Waals surface area contributed by atoms with Gasteiger partial charge in [-0.2, -0.15) is 0 Å². The van der Waals surface area contributed by atoms with Crippen LogP contribution in [0.1, 0.15) is 60.9 Å². The normalized spacial score (nSPS) is 21.5. The van der Waals surface area contributed by atoms with Crippen LogP contribution in [-0.4, -0.2) is 23.2 Å². The van der Waals surface area contributed by atoms with Crippen LogP contribution in [0.3, 0.4) is 0 Å². The maximum Gasteiger partial charge on any atom is 0.259 e. The van der Waals surface area contributed by atoms with Gasteiger partial charge in [-0.15, -0.1) is 0 Å². The molecule has 0 unspecified atom stereocenters. The SMILES string of the molecule is O=C1c2ccc3c(c2CN=CN1C1CCCCC1)=CCCC=3. The molecule has 22 heavy (non-hydrogen) atoms. The van der Waals surface area contributed by atoms with Gasteiger partial charge >= 0.3 is 0 Å². The standard InChI is InChI=1S/C19H22N2O/c22-19-17-11-10-14-6-4-5-9-16(14)18(17)12-20-13-21(19)15-7-2-1-3-8-15/h6,9-11,13,15H,1-5,7-8,12H2. The zero-order chi connectivity index (χ0) is 14.9. The number of aliphatic imine (C=N–C) groups is 1. The molecule has 0 bridgehead atoms. The summed E-state index contributed by atoms with van der Waals surface area (Å²) in [5.74, 6) is 0.143. The predicted octanol–water partition coefficient (Wildman–Crippen LogP) is 2.36. The third kappa shape index (κ3) is 2.29. The Hall–Kier alpha value is -1.90. The first-order valence-electron chi connectivity index (χ1n) is 8.49. The summed E-state index contributed by atoms with van der Waals surface area (Å²) >= 11 is 0. The second kappa shape index (κ2) is 5.71. The lowest BCUT2D eigenvalue weighted by molar-refractivity contribution is 0.0785. The highest BCUT2D eigenvalue weighted by atomic mass is 16.2. The molecule has 1 aliphatic heterocycles. The van der Waals surface area contributed by atoms with Gasteiger partial charge in [0.05, 0.1) is 12.9 Å². The fourth-order valence-electron chi connectivity index (χ4n) is 3.97. The molecule has 2 aliphatic carbocycles. The van der Waals surface area contributed by atoms with Crippen LogP contribution in [0.5, 0.6) is 0 Å². The van der Waals surface area contributed by atoms with Gasteiger partial charge in [0.15, 0.2) is 0 Å². The van der Waals surface area contributed by atoms with Crippen molar-refractivity contribution in [3.8, 4) is 0 Å². The topological polar surface area (TPSA) is 32.7 Å². The van der Waals surface area contributed by atoms with Crippen LogP contribution in [0, 0.1) is 0 Å². The van der Waals surface area contributed by atoms with Crippen molar-refractivity contribution >= 4 is 24.4 Å². The molecule has 0 aromatic heterocycles. The number of nitrogens with zero attached hydrogens (tertiary/aromatic N) is 2. The highest BCUT2D eigenvalue weighted by Crippen LogP contribution is 2.24. The van der Waals surface area contributed by atoms with Gasteiger partial charge in [-0.25, -0.2) is 0 Å². The first-order chi connectivity index (χ1) is 10.8. The van der Waals surface area contributed by atoms with Gasteiger partial charge in [-0.05, 0) is 47.8 Å². The van der Waals surface area contributed by atoms with Crippen LogP contribution in [0.4, 0.5) is 0 Å². The summed E-state index contributed by atoms with van der Waals surface area (Å²) < 4.78 is 0. The average molecular weight is 294 g/mol.